The van der Waals surface area contributed by atoms with E-state index in [9.17, 15) is 8.42 Å². The van der Waals surface area contributed by atoms with E-state index < -0.39 is 10.0 Å². The lowest BCUT2D eigenvalue weighted by Gasteiger charge is -2.30. The van der Waals surface area contributed by atoms with Gasteiger partial charge >= 0.3 is 0 Å². The lowest BCUT2D eigenvalue weighted by molar-refractivity contribution is 0.0283. The minimum absolute atomic E-state index is 0.136. The standard InChI is InChI=1S/C16H32N4O3S/c1-4-17-15(19-13-16(2)8-5-11-23-16)18-12-14-6-9-20(10-7-14)24(3,21)22/h14H,4-13H2,1-3H3,(H2,17,18,19). The third-order valence-electron chi connectivity index (χ3n) is 4.82. The Morgan fingerprint density at radius 3 is 2.58 bits per heavy atom. The first-order chi connectivity index (χ1) is 11.3. The number of aliphatic imine (C=N–C) groups is 1. The molecule has 0 amide bonds. The van der Waals surface area contributed by atoms with Crippen LogP contribution < -0.4 is 10.6 Å². The summed E-state index contributed by atoms with van der Waals surface area (Å²) >= 11 is 0. The number of hydrogen-bond donors (Lipinski definition) is 2. The summed E-state index contributed by atoms with van der Waals surface area (Å²) in [6.45, 7) is 8.53. The van der Waals surface area contributed by atoms with Crippen LogP contribution in [0.4, 0.5) is 0 Å². The van der Waals surface area contributed by atoms with E-state index in [4.69, 9.17) is 4.74 Å². The Morgan fingerprint density at radius 1 is 1.33 bits per heavy atom. The van der Waals surface area contributed by atoms with E-state index in [1.807, 2.05) is 0 Å². The molecule has 0 bridgehead atoms. The normalized spacial score (nSPS) is 27.4. The van der Waals surface area contributed by atoms with E-state index in [1.165, 1.54) is 6.26 Å². The molecule has 2 fully saturated rings. The predicted octanol–water partition coefficient (Wildman–Crippen LogP) is 0.782. The third kappa shape index (κ3) is 5.89. The van der Waals surface area contributed by atoms with Gasteiger partial charge in [-0.15, -0.1) is 0 Å². The molecular formula is C16H32N4O3S. The van der Waals surface area contributed by atoms with Gasteiger partial charge in [-0.1, -0.05) is 0 Å². The molecule has 0 aromatic carbocycles. The van der Waals surface area contributed by atoms with Gasteiger partial charge in [0.2, 0.25) is 10.0 Å². The molecule has 0 radical (unpaired) electrons. The molecule has 2 saturated heterocycles. The zero-order valence-corrected chi connectivity index (χ0v) is 16.0. The largest absolute Gasteiger partial charge is 0.373 e. The Kier molecular flexibility index (Phi) is 6.88. The Labute approximate surface area is 146 Å². The van der Waals surface area contributed by atoms with Gasteiger partial charge in [0, 0.05) is 32.8 Å². The van der Waals surface area contributed by atoms with Gasteiger partial charge in [0.1, 0.15) is 0 Å². The molecule has 24 heavy (non-hydrogen) atoms. The molecule has 0 aromatic heterocycles. The van der Waals surface area contributed by atoms with E-state index >= 15 is 0 Å². The zero-order chi connectivity index (χ0) is 17.6. The molecule has 0 aliphatic carbocycles. The fourth-order valence-corrected chi connectivity index (χ4v) is 4.11. The molecule has 0 saturated carbocycles. The van der Waals surface area contributed by atoms with Gasteiger partial charge in [0.25, 0.3) is 0 Å². The maximum atomic E-state index is 11.6. The maximum absolute atomic E-state index is 11.6. The van der Waals surface area contributed by atoms with Crippen LogP contribution in [-0.2, 0) is 14.8 Å². The van der Waals surface area contributed by atoms with Gasteiger partial charge in [-0.05, 0) is 45.4 Å². The van der Waals surface area contributed by atoms with Crippen molar-refractivity contribution in [3.63, 3.8) is 0 Å². The molecule has 2 aliphatic rings. The minimum atomic E-state index is -3.05. The van der Waals surface area contributed by atoms with Gasteiger partial charge in [0.05, 0.1) is 18.4 Å². The zero-order valence-electron chi connectivity index (χ0n) is 15.2. The van der Waals surface area contributed by atoms with Crippen molar-refractivity contribution in [3.8, 4) is 0 Å². The van der Waals surface area contributed by atoms with Crippen LogP contribution >= 0.6 is 0 Å². The molecule has 1 atom stereocenters. The average molecular weight is 361 g/mol. The fraction of sp³-hybridized carbons (Fsp3) is 0.938. The number of guanidine groups is 1. The Balaban J connectivity index is 1.79. The highest BCUT2D eigenvalue weighted by Crippen LogP contribution is 2.25. The van der Waals surface area contributed by atoms with E-state index in [1.54, 1.807) is 4.31 Å². The Bertz CT molecular complexity index is 521. The highest BCUT2D eigenvalue weighted by atomic mass is 32.2. The van der Waals surface area contributed by atoms with Crippen molar-refractivity contribution in [2.24, 2.45) is 10.9 Å². The molecule has 2 aliphatic heterocycles. The monoisotopic (exact) mass is 360 g/mol. The van der Waals surface area contributed by atoms with Crippen LogP contribution in [0.15, 0.2) is 4.99 Å². The molecule has 0 aromatic rings. The molecule has 7 nitrogen and oxygen atoms in total. The number of piperidine rings is 1. The van der Waals surface area contributed by atoms with Crippen LogP contribution in [0.3, 0.4) is 0 Å². The van der Waals surface area contributed by atoms with E-state index in [-0.39, 0.29) is 5.60 Å². The third-order valence-corrected chi connectivity index (χ3v) is 6.12. The second-order valence-electron chi connectivity index (χ2n) is 7.08. The lowest BCUT2D eigenvalue weighted by atomic mass is 9.98. The van der Waals surface area contributed by atoms with Crippen LogP contribution in [0.2, 0.25) is 0 Å². The highest BCUT2D eigenvalue weighted by molar-refractivity contribution is 7.88. The second-order valence-corrected chi connectivity index (χ2v) is 9.07. The van der Waals surface area contributed by atoms with Crippen molar-refractivity contribution < 1.29 is 13.2 Å². The van der Waals surface area contributed by atoms with E-state index in [0.717, 1.165) is 51.3 Å². The first-order valence-corrected chi connectivity index (χ1v) is 10.8. The average Bonchev–Trinajstić information content (AvgIpc) is 2.97. The van der Waals surface area contributed by atoms with Gasteiger partial charge < -0.3 is 15.4 Å². The number of nitrogens with one attached hydrogen (secondary N) is 2. The van der Waals surface area contributed by atoms with Gasteiger partial charge in [0.15, 0.2) is 5.96 Å². The lowest BCUT2D eigenvalue weighted by Crippen LogP contribution is -2.44. The summed E-state index contributed by atoms with van der Waals surface area (Å²) < 4.78 is 30.5. The van der Waals surface area contributed by atoms with Crippen LogP contribution in [-0.4, -0.2) is 69.9 Å². The summed E-state index contributed by atoms with van der Waals surface area (Å²) in [5, 5.41) is 6.67. The minimum Gasteiger partial charge on any atom is -0.373 e. The van der Waals surface area contributed by atoms with E-state index in [0.29, 0.717) is 25.6 Å². The van der Waals surface area contributed by atoms with Crippen molar-refractivity contribution >= 4 is 16.0 Å². The molecule has 0 spiro atoms. The van der Waals surface area contributed by atoms with Crippen LogP contribution in [0, 0.1) is 5.92 Å². The van der Waals surface area contributed by atoms with Crippen molar-refractivity contribution in [1.82, 2.24) is 14.9 Å². The van der Waals surface area contributed by atoms with Crippen LogP contribution in [0.1, 0.15) is 39.5 Å². The first-order valence-electron chi connectivity index (χ1n) is 8.94. The number of sulfonamides is 1. The fourth-order valence-electron chi connectivity index (χ4n) is 3.24. The van der Waals surface area contributed by atoms with Crippen molar-refractivity contribution in [2.75, 3.05) is 45.6 Å². The Morgan fingerprint density at radius 2 is 2.04 bits per heavy atom. The molecule has 1 unspecified atom stereocenters. The summed E-state index contributed by atoms with van der Waals surface area (Å²) in [5.41, 5.74) is -0.136. The summed E-state index contributed by atoms with van der Waals surface area (Å²) in [6.07, 6.45) is 5.22. The highest BCUT2D eigenvalue weighted by Gasteiger charge is 2.29. The van der Waals surface area contributed by atoms with Crippen LogP contribution in [0.25, 0.3) is 0 Å². The van der Waals surface area contributed by atoms with Gasteiger partial charge in [-0.3, -0.25) is 4.99 Å². The Hall–Kier alpha value is -0.860. The molecule has 2 N–H and O–H groups in total. The van der Waals surface area contributed by atoms with Crippen molar-refractivity contribution in [1.29, 1.82) is 0 Å². The maximum Gasteiger partial charge on any atom is 0.211 e. The smallest absolute Gasteiger partial charge is 0.211 e. The predicted molar refractivity (Wildman–Crippen MR) is 96.7 cm³/mol. The summed E-state index contributed by atoms with van der Waals surface area (Å²) in [7, 11) is -3.05. The summed E-state index contributed by atoms with van der Waals surface area (Å²) in [5.74, 6) is 1.30. The van der Waals surface area contributed by atoms with Crippen molar-refractivity contribution in [2.45, 2.75) is 45.1 Å². The number of rotatable bonds is 6. The van der Waals surface area contributed by atoms with Crippen molar-refractivity contribution in [3.05, 3.63) is 0 Å². The summed E-state index contributed by atoms with van der Waals surface area (Å²) in [6, 6.07) is 0. The number of nitrogens with zero attached hydrogens (tertiary/aromatic N) is 2. The molecular weight excluding hydrogens is 328 g/mol. The topological polar surface area (TPSA) is 83.0 Å². The second kappa shape index (κ2) is 8.49. The van der Waals surface area contributed by atoms with Gasteiger partial charge in [-0.2, -0.15) is 0 Å². The SMILES string of the molecule is CCNC(=NCC1(C)CCCO1)NCC1CCN(S(C)(=O)=O)CC1. The van der Waals surface area contributed by atoms with E-state index in [2.05, 4.69) is 29.5 Å². The quantitative estimate of drug-likeness (QED) is 0.540. The number of ether oxygens (including phenoxy) is 1. The van der Waals surface area contributed by atoms with Gasteiger partial charge in [-0.25, -0.2) is 12.7 Å². The molecule has 2 rings (SSSR count). The van der Waals surface area contributed by atoms with Crippen LogP contribution in [0.5, 0.6) is 0 Å². The summed E-state index contributed by atoms with van der Waals surface area (Å²) in [4.78, 5) is 4.67. The molecule has 8 heteroatoms. The first kappa shape index (κ1) is 19.5. The molecule has 2 heterocycles. The molecule has 140 valence electrons. The number of hydrogen-bond acceptors (Lipinski definition) is 4.